The molecule has 1 heteroatoms. The zero-order valence-electron chi connectivity index (χ0n) is 21.3. The van der Waals surface area contributed by atoms with E-state index in [0.29, 0.717) is 11.1 Å². The highest BCUT2D eigenvalue weighted by molar-refractivity contribution is 5.49. The Labute approximate surface area is 212 Å². The summed E-state index contributed by atoms with van der Waals surface area (Å²) in [6, 6.07) is 21.5. The molecule has 0 aliphatic heterocycles. The Hall–Kier alpha value is -3.29. The van der Waals surface area contributed by atoms with Crippen LogP contribution in [-0.2, 0) is 12.8 Å². The van der Waals surface area contributed by atoms with Crippen LogP contribution in [-0.4, -0.2) is 0 Å². The molecule has 0 nitrogen and oxygen atoms in total. The minimum Gasteiger partial charge on any atom is -0.206 e. The van der Waals surface area contributed by atoms with Crippen molar-refractivity contribution in [2.24, 2.45) is 0 Å². The van der Waals surface area contributed by atoms with E-state index in [1.165, 1.54) is 68.6 Å². The topological polar surface area (TPSA) is 0 Å². The van der Waals surface area contributed by atoms with Gasteiger partial charge in [-0.25, -0.2) is 4.39 Å². The number of aryl methyl sites for hydroxylation is 2. The molecule has 3 aromatic carbocycles. The summed E-state index contributed by atoms with van der Waals surface area (Å²) in [5.41, 5.74) is 5.51. The molecule has 0 unspecified atom stereocenters. The molecule has 0 N–H and O–H groups in total. The van der Waals surface area contributed by atoms with Crippen LogP contribution in [0.25, 0.3) is 0 Å². The van der Waals surface area contributed by atoms with E-state index >= 15 is 0 Å². The van der Waals surface area contributed by atoms with Gasteiger partial charge in [-0.3, -0.25) is 0 Å². The molecule has 0 atom stereocenters. The summed E-state index contributed by atoms with van der Waals surface area (Å²) in [4.78, 5) is 0. The van der Waals surface area contributed by atoms with E-state index in [4.69, 9.17) is 0 Å². The van der Waals surface area contributed by atoms with E-state index in [1.54, 1.807) is 6.07 Å². The highest BCUT2D eigenvalue weighted by atomic mass is 19.1. The molecule has 0 aromatic heterocycles. The van der Waals surface area contributed by atoms with E-state index in [0.717, 1.165) is 24.0 Å². The lowest BCUT2D eigenvalue weighted by molar-refractivity contribution is 0.575. The summed E-state index contributed by atoms with van der Waals surface area (Å²) in [7, 11) is 0. The quantitative estimate of drug-likeness (QED) is 0.208. The largest absolute Gasteiger partial charge is 0.206 e. The van der Waals surface area contributed by atoms with Gasteiger partial charge in [0.2, 0.25) is 0 Å². The Bertz CT molecular complexity index is 1160. The molecule has 0 fully saturated rings. The van der Waals surface area contributed by atoms with Crippen LogP contribution in [0.2, 0.25) is 0 Å². The van der Waals surface area contributed by atoms with Crippen LogP contribution in [0, 0.1) is 29.5 Å². The maximum absolute atomic E-state index is 14.5. The monoisotopic (exact) mass is 464 g/mol. The number of rotatable bonds is 10. The Morgan fingerprint density at radius 1 is 0.543 bits per heavy atom. The van der Waals surface area contributed by atoms with Gasteiger partial charge >= 0.3 is 0 Å². The molecule has 0 amide bonds. The summed E-state index contributed by atoms with van der Waals surface area (Å²) >= 11 is 0. The predicted octanol–water partition coefficient (Wildman–Crippen LogP) is 8.87. The summed E-state index contributed by atoms with van der Waals surface area (Å²) in [5.74, 6) is 11.9. The van der Waals surface area contributed by atoms with Gasteiger partial charge in [-0.1, -0.05) is 107 Å². The standard InChI is InChI=1S/C34H37F/c1-3-5-6-7-8-9-10-11-12-29-17-19-30(20-18-29)21-22-32-24-26-33(34(35)27-32)25-23-31-15-13-28(4-2)14-16-31/h13-20,24,26-27H,3-12H2,1-2H3. The third kappa shape index (κ3) is 9.47. The number of hydrogen-bond acceptors (Lipinski definition) is 0. The van der Waals surface area contributed by atoms with E-state index in [-0.39, 0.29) is 5.82 Å². The Morgan fingerprint density at radius 2 is 1.06 bits per heavy atom. The van der Waals surface area contributed by atoms with Crippen molar-refractivity contribution in [1.82, 2.24) is 0 Å². The van der Waals surface area contributed by atoms with Gasteiger partial charge in [-0.15, -0.1) is 0 Å². The van der Waals surface area contributed by atoms with Gasteiger partial charge in [0.05, 0.1) is 5.56 Å². The molecule has 0 spiro atoms. The van der Waals surface area contributed by atoms with E-state index in [1.807, 2.05) is 18.2 Å². The summed E-state index contributed by atoms with van der Waals surface area (Å²) in [6.45, 7) is 4.38. The van der Waals surface area contributed by atoms with Crippen molar-refractivity contribution in [2.45, 2.75) is 78.1 Å². The average molecular weight is 465 g/mol. The summed E-state index contributed by atoms with van der Waals surface area (Å²) in [5, 5.41) is 0. The second-order valence-electron chi connectivity index (χ2n) is 9.17. The van der Waals surface area contributed by atoms with Gasteiger partial charge in [0.15, 0.2) is 0 Å². The lowest BCUT2D eigenvalue weighted by Gasteiger charge is -2.03. The lowest BCUT2D eigenvalue weighted by atomic mass is 10.0. The van der Waals surface area contributed by atoms with E-state index in [9.17, 15) is 4.39 Å². The van der Waals surface area contributed by atoms with E-state index < -0.39 is 0 Å². The molecule has 35 heavy (non-hydrogen) atoms. The molecule has 180 valence electrons. The first kappa shape index (κ1) is 26.3. The molecule has 0 aliphatic carbocycles. The molecule has 0 heterocycles. The maximum Gasteiger partial charge on any atom is 0.140 e. The Balaban J connectivity index is 1.49. The maximum atomic E-state index is 14.5. The normalized spacial score (nSPS) is 10.3. The van der Waals surface area contributed by atoms with Crippen LogP contribution in [0.5, 0.6) is 0 Å². The second-order valence-corrected chi connectivity index (χ2v) is 9.17. The Kier molecular flexibility index (Phi) is 11.2. The van der Waals surface area contributed by atoms with Crippen molar-refractivity contribution in [1.29, 1.82) is 0 Å². The van der Waals surface area contributed by atoms with Crippen molar-refractivity contribution < 1.29 is 4.39 Å². The zero-order chi connectivity index (χ0) is 24.7. The van der Waals surface area contributed by atoms with Crippen molar-refractivity contribution >= 4 is 0 Å². The van der Waals surface area contributed by atoms with Gasteiger partial charge in [0, 0.05) is 16.7 Å². The van der Waals surface area contributed by atoms with Gasteiger partial charge in [-0.2, -0.15) is 0 Å². The highest BCUT2D eigenvalue weighted by Gasteiger charge is 2.00. The molecule has 3 aromatic rings. The van der Waals surface area contributed by atoms with Crippen LogP contribution in [0.3, 0.4) is 0 Å². The minimum absolute atomic E-state index is 0.338. The fourth-order valence-corrected chi connectivity index (χ4v) is 4.02. The van der Waals surface area contributed by atoms with Crippen LogP contribution in [0.1, 0.15) is 98.6 Å². The molecular weight excluding hydrogens is 427 g/mol. The SMILES string of the molecule is CCCCCCCCCCc1ccc(C#Cc2ccc(C#Cc3ccc(CC)cc3)c(F)c2)cc1. The highest BCUT2D eigenvalue weighted by Crippen LogP contribution is 2.13. The van der Waals surface area contributed by atoms with Gasteiger partial charge in [0.1, 0.15) is 5.82 Å². The van der Waals surface area contributed by atoms with Crippen LogP contribution < -0.4 is 0 Å². The number of benzene rings is 3. The molecule has 0 radical (unpaired) electrons. The first-order chi connectivity index (χ1) is 17.2. The molecular formula is C34H37F. The summed E-state index contributed by atoms with van der Waals surface area (Å²) in [6.07, 6.45) is 12.9. The smallest absolute Gasteiger partial charge is 0.140 e. The van der Waals surface area contributed by atoms with Gasteiger partial charge < -0.3 is 0 Å². The molecule has 0 aliphatic rings. The van der Waals surface area contributed by atoms with Crippen molar-refractivity contribution in [3.8, 4) is 23.7 Å². The zero-order valence-corrected chi connectivity index (χ0v) is 21.3. The van der Waals surface area contributed by atoms with E-state index in [2.05, 4.69) is 73.9 Å². The van der Waals surface area contributed by atoms with Crippen molar-refractivity contribution in [3.05, 3.63) is 106 Å². The van der Waals surface area contributed by atoms with Crippen molar-refractivity contribution in [3.63, 3.8) is 0 Å². The first-order valence-corrected chi connectivity index (χ1v) is 13.2. The molecule has 0 saturated heterocycles. The lowest BCUT2D eigenvalue weighted by Crippen LogP contribution is -1.88. The second kappa shape index (κ2) is 14.9. The minimum atomic E-state index is -0.338. The van der Waals surface area contributed by atoms with Crippen molar-refractivity contribution in [2.75, 3.05) is 0 Å². The molecule has 3 rings (SSSR count). The Morgan fingerprint density at radius 3 is 1.66 bits per heavy atom. The first-order valence-electron chi connectivity index (χ1n) is 13.2. The number of unbranched alkanes of at least 4 members (excludes halogenated alkanes) is 7. The summed E-state index contributed by atoms with van der Waals surface area (Å²) < 4.78 is 14.5. The molecule has 0 bridgehead atoms. The van der Waals surface area contributed by atoms with Gasteiger partial charge in [0.25, 0.3) is 0 Å². The fraction of sp³-hybridized carbons (Fsp3) is 0.353. The van der Waals surface area contributed by atoms with Crippen LogP contribution >= 0.6 is 0 Å². The fourth-order valence-electron chi connectivity index (χ4n) is 4.02. The van der Waals surface area contributed by atoms with Gasteiger partial charge in [-0.05, 0) is 72.9 Å². The third-order valence-electron chi connectivity index (χ3n) is 6.30. The molecule has 0 saturated carbocycles. The third-order valence-corrected chi connectivity index (χ3v) is 6.30. The number of halogens is 1. The average Bonchev–Trinajstić information content (AvgIpc) is 2.89. The van der Waals surface area contributed by atoms with Crippen LogP contribution in [0.15, 0.2) is 66.7 Å². The van der Waals surface area contributed by atoms with Crippen LogP contribution in [0.4, 0.5) is 4.39 Å². The predicted molar refractivity (Wildman–Crippen MR) is 147 cm³/mol. The number of hydrogen-bond donors (Lipinski definition) is 0.